The van der Waals surface area contributed by atoms with Crippen LogP contribution in [0.2, 0.25) is 5.02 Å². The predicted molar refractivity (Wildman–Crippen MR) is 112 cm³/mol. The maximum Gasteiger partial charge on any atom is 0.276 e. The average molecular weight is 428 g/mol. The molecule has 0 radical (unpaired) electrons. The van der Waals surface area contributed by atoms with E-state index in [1.807, 2.05) is 23.7 Å². The summed E-state index contributed by atoms with van der Waals surface area (Å²) >= 11 is 5.86. The zero-order chi connectivity index (χ0) is 19.2. The largest absolute Gasteiger partial charge is 0.494 e. The van der Waals surface area contributed by atoms with Gasteiger partial charge in [-0.25, -0.2) is 4.68 Å². The number of piperidine rings is 1. The van der Waals surface area contributed by atoms with Crippen LogP contribution in [0.1, 0.15) is 41.5 Å². The van der Waals surface area contributed by atoms with Crippen molar-refractivity contribution in [1.82, 2.24) is 25.2 Å². The van der Waals surface area contributed by atoms with Crippen molar-refractivity contribution in [3.8, 4) is 5.75 Å². The molecule has 0 spiro atoms. The molecule has 28 heavy (non-hydrogen) atoms. The molecule has 1 amide bonds. The first-order valence-corrected chi connectivity index (χ1v) is 9.70. The van der Waals surface area contributed by atoms with Gasteiger partial charge in [-0.2, -0.15) is 0 Å². The molecule has 0 atom stereocenters. The van der Waals surface area contributed by atoms with Gasteiger partial charge >= 0.3 is 0 Å². The first-order chi connectivity index (χ1) is 13.1. The lowest BCUT2D eigenvalue weighted by atomic mass is 10.1. The van der Waals surface area contributed by atoms with Crippen LogP contribution in [0, 0.1) is 6.92 Å². The molecular weight excluding hydrogens is 401 g/mol. The monoisotopic (exact) mass is 427 g/mol. The number of nitrogens with one attached hydrogen (secondary N) is 1. The molecule has 1 aromatic carbocycles. The highest BCUT2D eigenvalue weighted by molar-refractivity contribution is 6.30. The Balaban J connectivity index is 0.00000280. The van der Waals surface area contributed by atoms with Gasteiger partial charge in [0.15, 0.2) is 5.69 Å². The van der Waals surface area contributed by atoms with Crippen LogP contribution < -0.4 is 10.1 Å². The van der Waals surface area contributed by atoms with Crippen LogP contribution in [0.15, 0.2) is 24.3 Å². The maximum absolute atomic E-state index is 12.7. The summed E-state index contributed by atoms with van der Waals surface area (Å²) in [5.74, 6) is 0.674. The summed E-state index contributed by atoms with van der Waals surface area (Å²) in [6.07, 6.45) is 2.75. The fourth-order valence-electron chi connectivity index (χ4n) is 3.24. The van der Waals surface area contributed by atoms with E-state index in [1.165, 1.54) is 0 Å². The highest BCUT2D eigenvalue weighted by Gasteiger charge is 2.24. The lowest BCUT2D eigenvalue weighted by Crippen LogP contribution is -2.31. The number of benzene rings is 1. The molecule has 1 aliphatic rings. The second-order valence-electron chi connectivity index (χ2n) is 6.83. The number of halogens is 2. The topological polar surface area (TPSA) is 72.3 Å². The van der Waals surface area contributed by atoms with Gasteiger partial charge in [0.1, 0.15) is 5.75 Å². The zero-order valence-electron chi connectivity index (χ0n) is 16.2. The third kappa shape index (κ3) is 5.59. The average Bonchev–Trinajstić information content (AvgIpc) is 3.08. The summed E-state index contributed by atoms with van der Waals surface area (Å²) in [5, 5.41) is 12.4. The molecule has 1 aliphatic heterocycles. The number of aromatic nitrogens is 3. The molecule has 0 bridgehead atoms. The van der Waals surface area contributed by atoms with E-state index < -0.39 is 0 Å². The standard InChI is InChI=1S/C19H26ClN5O2.ClH/c1-14-18(22-23-25(14)16-8-10-21-11-9-16)19(26)24(2)12-3-13-27-17-6-4-15(20)5-7-17;/h4-7,16,21H,3,8-13H2,1-2H3;1H. The molecule has 2 aromatic rings. The number of nitrogens with zero attached hydrogens (tertiary/aromatic N) is 4. The molecule has 0 unspecified atom stereocenters. The second kappa shape index (κ2) is 10.6. The summed E-state index contributed by atoms with van der Waals surface area (Å²) < 4.78 is 7.58. The van der Waals surface area contributed by atoms with E-state index in [9.17, 15) is 4.79 Å². The first kappa shape index (κ1) is 22.5. The summed E-state index contributed by atoms with van der Waals surface area (Å²) in [7, 11) is 1.79. The van der Waals surface area contributed by atoms with Gasteiger partial charge in [-0.1, -0.05) is 16.8 Å². The van der Waals surface area contributed by atoms with Crippen molar-refractivity contribution in [2.24, 2.45) is 0 Å². The van der Waals surface area contributed by atoms with E-state index >= 15 is 0 Å². The van der Waals surface area contributed by atoms with Crippen LogP contribution in [0.3, 0.4) is 0 Å². The molecule has 1 fully saturated rings. The normalized spacial score (nSPS) is 14.4. The van der Waals surface area contributed by atoms with Crippen molar-refractivity contribution in [1.29, 1.82) is 0 Å². The third-order valence-electron chi connectivity index (χ3n) is 4.85. The molecule has 2 heterocycles. The van der Waals surface area contributed by atoms with E-state index in [-0.39, 0.29) is 18.3 Å². The van der Waals surface area contributed by atoms with Gasteiger partial charge in [0, 0.05) is 18.6 Å². The minimum Gasteiger partial charge on any atom is -0.494 e. The Morgan fingerprint density at radius 3 is 2.68 bits per heavy atom. The Labute approximate surface area is 176 Å². The summed E-state index contributed by atoms with van der Waals surface area (Å²) in [4.78, 5) is 14.4. The minimum absolute atomic E-state index is 0. The SMILES string of the molecule is Cc1c(C(=O)N(C)CCCOc2ccc(Cl)cc2)nnn1C1CCNCC1.Cl. The van der Waals surface area contributed by atoms with Gasteiger partial charge in [-0.15, -0.1) is 17.5 Å². The number of ether oxygens (including phenoxy) is 1. The van der Waals surface area contributed by atoms with E-state index in [0.29, 0.717) is 29.9 Å². The van der Waals surface area contributed by atoms with Crippen molar-refractivity contribution < 1.29 is 9.53 Å². The number of hydrogen-bond donors (Lipinski definition) is 1. The van der Waals surface area contributed by atoms with Gasteiger partial charge in [-0.3, -0.25) is 4.79 Å². The van der Waals surface area contributed by atoms with Crippen LogP contribution >= 0.6 is 24.0 Å². The summed E-state index contributed by atoms with van der Waals surface area (Å²) in [6.45, 7) is 4.99. The van der Waals surface area contributed by atoms with Crippen molar-refractivity contribution in [3.63, 3.8) is 0 Å². The molecule has 3 rings (SSSR count). The third-order valence-corrected chi connectivity index (χ3v) is 5.10. The number of carbonyl (C=O) groups is 1. The van der Waals surface area contributed by atoms with E-state index in [4.69, 9.17) is 16.3 Å². The molecule has 1 saturated heterocycles. The Kier molecular flexibility index (Phi) is 8.54. The highest BCUT2D eigenvalue weighted by Crippen LogP contribution is 2.21. The van der Waals surface area contributed by atoms with Crippen LogP contribution in [-0.2, 0) is 0 Å². The Morgan fingerprint density at radius 2 is 2.00 bits per heavy atom. The lowest BCUT2D eigenvalue weighted by molar-refractivity contribution is 0.0781. The Hall–Kier alpha value is -1.83. The van der Waals surface area contributed by atoms with Crippen molar-refractivity contribution >= 4 is 29.9 Å². The molecule has 154 valence electrons. The summed E-state index contributed by atoms with van der Waals surface area (Å²) in [6, 6.07) is 7.57. The maximum atomic E-state index is 12.7. The highest BCUT2D eigenvalue weighted by atomic mass is 35.5. The molecular formula is C19H27Cl2N5O2. The van der Waals surface area contributed by atoms with Crippen LogP contribution in [0.4, 0.5) is 0 Å². The smallest absolute Gasteiger partial charge is 0.276 e. The predicted octanol–water partition coefficient (Wildman–Crippen LogP) is 3.13. The molecule has 1 N–H and O–H groups in total. The van der Waals surface area contributed by atoms with Crippen molar-refractivity contribution in [2.45, 2.75) is 32.2 Å². The number of carbonyl (C=O) groups excluding carboxylic acids is 1. The number of amides is 1. The lowest BCUT2D eigenvalue weighted by Gasteiger charge is -2.23. The molecule has 9 heteroatoms. The fraction of sp³-hybridized carbons (Fsp3) is 0.526. The summed E-state index contributed by atoms with van der Waals surface area (Å²) in [5.41, 5.74) is 1.28. The Bertz CT molecular complexity index is 760. The van der Waals surface area contributed by atoms with Crippen molar-refractivity contribution in [3.05, 3.63) is 40.7 Å². The quantitative estimate of drug-likeness (QED) is 0.687. The van der Waals surface area contributed by atoms with Crippen LogP contribution in [-0.4, -0.2) is 59.1 Å². The second-order valence-corrected chi connectivity index (χ2v) is 7.27. The molecule has 0 aliphatic carbocycles. The van der Waals surface area contributed by atoms with E-state index in [1.54, 1.807) is 24.1 Å². The minimum atomic E-state index is -0.0980. The van der Waals surface area contributed by atoms with Crippen LogP contribution in [0.25, 0.3) is 0 Å². The van der Waals surface area contributed by atoms with E-state index in [2.05, 4.69) is 15.6 Å². The van der Waals surface area contributed by atoms with Gasteiger partial charge in [-0.05, 0) is 63.5 Å². The van der Waals surface area contributed by atoms with Gasteiger partial charge in [0.2, 0.25) is 0 Å². The van der Waals surface area contributed by atoms with Crippen molar-refractivity contribution in [2.75, 3.05) is 33.3 Å². The van der Waals surface area contributed by atoms with Crippen LogP contribution in [0.5, 0.6) is 5.75 Å². The van der Waals surface area contributed by atoms with Gasteiger partial charge in [0.25, 0.3) is 5.91 Å². The fourth-order valence-corrected chi connectivity index (χ4v) is 3.37. The van der Waals surface area contributed by atoms with Gasteiger partial charge in [0.05, 0.1) is 18.3 Å². The van der Waals surface area contributed by atoms with Gasteiger partial charge < -0.3 is 15.0 Å². The molecule has 7 nitrogen and oxygen atoms in total. The molecule has 0 saturated carbocycles. The zero-order valence-corrected chi connectivity index (χ0v) is 17.8. The van der Waals surface area contributed by atoms with E-state index in [0.717, 1.165) is 43.8 Å². The number of rotatable bonds is 7. The first-order valence-electron chi connectivity index (χ1n) is 9.32. The number of hydrogen-bond acceptors (Lipinski definition) is 5. The Morgan fingerprint density at radius 1 is 1.32 bits per heavy atom. The molecule has 1 aromatic heterocycles.